The number of ether oxygens (including phenoxy) is 1. The molecule has 1 aliphatic rings. The minimum Gasteiger partial charge on any atom is -0.496 e. The first-order chi connectivity index (χ1) is 15.1. The summed E-state index contributed by atoms with van der Waals surface area (Å²) in [4.78, 5) is 38.8. The number of nitrogens with zero attached hydrogens (tertiary/aromatic N) is 5. The molecule has 0 saturated carbocycles. The first kappa shape index (κ1) is 18.9. The van der Waals surface area contributed by atoms with Crippen molar-refractivity contribution < 1.29 is 19.1 Å². The van der Waals surface area contributed by atoms with Gasteiger partial charge in [0.2, 0.25) is 16.0 Å². The van der Waals surface area contributed by atoms with Gasteiger partial charge in [-0.3, -0.25) is 24.6 Å². The van der Waals surface area contributed by atoms with Crippen LogP contribution in [-0.2, 0) is 4.79 Å². The van der Waals surface area contributed by atoms with Gasteiger partial charge in [-0.1, -0.05) is 35.6 Å². The number of carbonyl (C=O) groups is 3. The van der Waals surface area contributed by atoms with Crippen LogP contribution in [0.2, 0.25) is 0 Å². The highest BCUT2D eigenvalue weighted by Crippen LogP contribution is 2.30. The minimum atomic E-state index is -0.543. The Morgan fingerprint density at radius 3 is 2.32 bits per heavy atom. The van der Waals surface area contributed by atoms with Crippen LogP contribution >= 0.6 is 11.3 Å². The zero-order valence-corrected chi connectivity index (χ0v) is 16.9. The van der Waals surface area contributed by atoms with Gasteiger partial charge in [0.05, 0.1) is 23.8 Å². The first-order valence-corrected chi connectivity index (χ1v) is 9.99. The maximum atomic E-state index is 12.5. The van der Waals surface area contributed by atoms with E-state index in [2.05, 4.69) is 20.6 Å². The molecule has 0 saturated heterocycles. The van der Waals surface area contributed by atoms with E-state index in [1.54, 1.807) is 37.4 Å². The zero-order valence-electron chi connectivity index (χ0n) is 16.1. The van der Waals surface area contributed by atoms with Crippen LogP contribution in [0, 0.1) is 0 Å². The third-order valence-electron chi connectivity index (χ3n) is 4.77. The van der Waals surface area contributed by atoms with E-state index >= 15 is 0 Å². The molecule has 1 aliphatic heterocycles. The van der Waals surface area contributed by atoms with Gasteiger partial charge in [0.15, 0.2) is 5.82 Å². The van der Waals surface area contributed by atoms with Crippen LogP contribution in [-0.4, -0.2) is 56.1 Å². The lowest BCUT2D eigenvalue weighted by Crippen LogP contribution is -2.37. The predicted molar refractivity (Wildman–Crippen MR) is 111 cm³/mol. The standard InChI is InChI=1S/C20H14N6O4S/c1-30-14-9-5-4-8-13(14)16-22-23-20-26(16)24-19(31-20)21-15(27)10-25-17(28)11-6-2-3-7-12(11)18(25)29/h2-9H,10H2,1H3,(H,21,24,27). The third kappa shape index (κ3) is 3.11. The average Bonchev–Trinajstić information content (AvgIpc) is 3.42. The number of methoxy groups -OCH3 is 1. The van der Waals surface area contributed by atoms with Gasteiger partial charge in [-0.2, -0.15) is 4.52 Å². The van der Waals surface area contributed by atoms with Crippen molar-refractivity contribution in [3.63, 3.8) is 0 Å². The van der Waals surface area contributed by atoms with Gasteiger partial charge in [-0.15, -0.1) is 15.3 Å². The molecule has 10 nitrogen and oxygen atoms in total. The van der Waals surface area contributed by atoms with Crippen molar-refractivity contribution in [3.8, 4) is 17.1 Å². The Hall–Kier alpha value is -4.12. The molecule has 0 bridgehead atoms. The van der Waals surface area contributed by atoms with Gasteiger partial charge < -0.3 is 4.74 Å². The molecule has 0 aliphatic carbocycles. The smallest absolute Gasteiger partial charge is 0.262 e. The molecule has 0 radical (unpaired) electrons. The molecule has 2 aromatic heterocycles. The summed E-state index contributed by atoms with van der Waals surface area (Å²) >= 11 is 1.12. The molecule has 1 N–H and O–H groups in total. The number of rotatable bonds is 5. The summed E-state index contributed by atoms with van der Waals surface area (Å²) in [5.74, 6) is -0.455. The first-order valence-electron chi connectivity index (χ1n) is 9.17. The van der Waals surface area contributed by atoms with E-state index in [9.17, 15) is 14.4 Å². The van der Waals surface area contributed by atoms with Crippen molar-refractivity contribution >= 4 is 39.2 Å². The molecule has 154 valence electrons. The summed E-state index contributed by atoms with van der Waals surface area (Å²) in [6.45, 7) is -0.411. The topological polar surface area (TPSA) is 119 Å². The van der Waals surface area contributed by atoms with Crippen molar-refractivity contribution in [1.29, 1.82) is 0 Å². The van der Waals surface area contributed by atoms with Crippen LogP contribution in [0.3, 0.4) is 0 Å². The number of aromatic nitrogens is 4. The number of benzene rings is 2. The number of para-hydroxylation sites is 1. The van der Waals surface area contributed by atoms with Crippen LogP contribution in [0.1, 0.15) is 20.7 Å². The monoisotopic (exact) mass is 434 g/mol. The molecule has 2 aromatic carbocycles. The van der Waals surface area contributed by atoms with Crippen molar-refractivity contribution in [1.82, 2.24) is 24.7 Å². The Morgan fingerprint density at radius 2 is 1.65 bits per heavy atom. The van der Waals surface area contributed by atoms with Crippen LogP contribution in [0.4, 0.5) is 5.13 Å². The molecule has 11 heteroatoms. The Kier molecular flexibility index (Phi) is 4.44. The molecule has 0 unspecified atom stereocenters. The Balaban J connectivity index is 1.36. The summed E-state index contributed by atoms with van der Waals surface area (Å²) < 4.78 is 6.87. The number of carbonyl (C=O) groups excluding carboxylic acids is 3. The fourth-order valence-corrected chi connectivity index (χ4v) is 4.11. The number of amides is 3. The summed E-state index contributed by atoms with van der Waals surface area (Å²) in [6.07, 6.45) is 0. The van der Waals surface area contributed by atoms with Crippen molar-refractivity contribution in [2.45, 2.75) is 0 Å². The van der Waals surface area contributed by atoms with E-state index in [4.69, 9.17) is 4.74 Å². The second-order valence-corrected chi connectivity index (χ2v) is 7.57. The van der Waals surface area contributed by atoms with Gasteiger partial charge in [-0.25, -0.2) is 0 Å². The number of anilines is 1. The molecular weight excluding hydrogens is 420 g/mol. The molecule has 0 spiro atoms. The fraction of sp³-hybridized carbons (Fsp3) is 0.100. The second-order valence-electron chi connectivity index (χ2n) is 6.62. The Bertz CT molecular complexity index is 1330. The third-order valence-corrected chi connectivity index (χ3v) is 5.58. The Labute approximate surface area is 179 Å². The van der Waals surface area contributed by atoms with E-state index < -0.39 is 24.3 Å². The van der Waals surface area contributed by atoms with Crippen molar-refractivity contribution in [2.75, 3.05) is 19.0 Å². The highest BCUT2D eigenvalue weighted by molar-refractivity contribution is 7.20. The number of hydrogen-bond acceptors (Lipinski definition) is 8. The van der Waals surface area contributed by atoms with Gasteiger partial charge >= 0.3 is 0 Å². The zero-order chi connectivity index (χ0) is 21.5. The Morgan fingerprint density at radius 1 is 1.00 bits per heavy atom. The lowest BCUT2D eigenvalue weighted by atomic mass is 10.1. The number of nitrogens with one attached hydrogen (secondary N) is 1. The SMILES string of the molecule is COc1ccccc1-c1nnc2sc(NC(=O)CN3C(=O)c4ccccc4C3=O)nn12. The maximum Gasteiger partial charge on any atom is 0.262 e. The van der Waals surface area contributed by atoms with Gasteiger partial charge in [0, 0.05) is 0 Å². The highest BCUT2D eigenvalue weighted by atomic mass is 32.1. The number of imide groups is 1. The normalized spacial score (nSPS) is 13.0. The number of fused-ring (bicyclic) bond motifs is 2. The van der Waals surface area contributed by atoms with E-state index in [-0.39, 0.29) is 5.13 Å². The van der Waals surface area contributed by atoms with Gasteiger partial charge in [0.25, 0.3) is 11.8 Å². The summed E-state index contributed by atoms with van der Waals surface area (Å²) in [5.41, 5.74) is 1.28. The summed E-state index contributed by atoms with van der Waals surface area (Å²) in [7, 11) is 1.56. The highest BCUT2D eigenvalue weighted by Gasteiger charge is 2.36. The molecule has 0 fully saturated rings. The van der Waals surface area contributed by atoms with Crippen LogP contribution in [0.25, 0.3) is 16.3 Å². The summed E-state index contributed by atoms with van der Waals surface area (Å²) in [6, 6.07) is 13.8. The molecule has 4 aromatic rings. The molecule has 31 heavy (non-hydrogen) atoms. The van der Waals surface area contributed by atoms with E-state index in [1.807, 2.05) is 18.2 Å². The van der Waals surface area contributed by atoms with Gasteiger partial charge in [-0.05, 0) is 24.3 Å². The van der Waals surface area contributed by atoms with Crippen molar-refractivity contribution in [3.05, 3.63) is 59.7 Å². The lowest BCUT2D eigenvalue weighted by molar-refractivity contribution is -0.116. The van der Waals surface area contributed by atoms with Crippen molar-refractivity contribution in [2.24, 2.45) is 0 Å². The van der Waals surface area contributed by atoms with Crippen LogP contribution in [0.5, 0.6) is 5.75 Å². The largest absolute Gasteiger partial charge is 0.496 e. The van der Waals surface area contributed by atoms with E-state index in [0.717, 1.165) is 16.2 Å². The maximum absolute atomic E-state index is 12.5. The molecular formula is C20H14N6O4S. The van der Waals surface area contributed by atoms with Crippen LogP contribution in [0.15, 0.2) is 48.5 Å². The van der Waals surface area contributed by atoms with Gasteiger partial charge in [0.1, 0.15) is 12.3 Å². The predicted octanol–water partition coefficient (Wildman–Crippen LogP) is 2.10. The van der Waals surface area contributed by atoms with E-state index in [1.165, 1.54) is 4.52 Å². The second kappa shape index (κ2) is 7.29. The fourth-order valence-electron chi connectivity index (χ4n) is 3.35. The minimum absolute atomic E-state index is 0.266. The van der Waals surface area contributed by atoms with E-state index in [0.29, 0.717) is 33.2 Å². The molecule has 3 heterocycles. The number of hydrogen-bond donors (Lipinski definition) is 1. The molecule has 3 amide bonds. The molecule has 0 atom stereocenters. The van der Waals surface area contributed by atoms with Crippen LogP contribution < -0.4 is 10.1 Å². The molecule has 5 rings (SSSR count). The average molecular weight is 434 g/mol. The summed E-state index contributed by atoms with van der Waals surface area (Å²) in [5, 5.41) is 15.5. The lowest BCUT2D eigenvalue weighted by Gasteiger charge is -2.12. The quantitative estimate of drug-likeness (QED) is 0.478.